The number of aliphatic carboxylic acids is 4. The highest BCUT2D eigenvalue weighted by Gasteiger charge is 2.47. The molecule has 4 aromatic heterocycles. The summed E-state index contributed by atoms with van der Waals surface area (Å²) < 4.78 is 165. The van der Waals surface area contributed by atoms with Gasteiger partial charge in [-0.25, -0.2) is 102 Å². The number of ether oxygens (including phenoxy) is 4. The maximum atomic E-state index is 14.5. The van der Waals surface area contributed by atoms with E-state index >= 15 is 0 Å². The molecule has 150 heavy (non-hydrogen) atoms. The molecule has 50 heteroatoms. The van der Waals surface area contributed by atoms with E-state index in [0.717, 1.165) is 36.4 Å². The van der Waals surface area contributed by atoms with Crippen molar-refractivity contribution in [2.45, 2.75) is 152 Å². The van der Waals surface area contributed by atoms with E-state index in [-0.39, 0.29) is 140 Å². The second-order valence-electron chi connectivity index (χ2n) is 34.4. The fraction of sp³-hybridized carbons (Fsp3) is 0.360. The van der Waals surface area contributed by atoms with E-state index in [1.165, 1.54) is 134 Å². The highest BCUT2D eigenvalue weighted by molar-refractivity contribution is 9.10. The molecular formula is C100H98Br2Cl2F10N16O16S4. The summed E-state index contributed by atoms with van der Waals surface area (Å²) in [7, 11) is 0. The summed E-state index contributed by atoms with van der Waals surface area (Å²) >= 11 is 24.7. The third-order valence-electron chi connectivity index (χ3n) is 24.1. The second-order valence-corrected chi connectivity index (χ2v) is 40.5. The lowest BCUT2D eigenvalue weighted by Crippen LogP contribution is -2.50. The Morgan fingerprint density at radius 1 is 0.393 bits per heavy atom. The number of benzene rings is 4. The van der Waals surface area contributed by atoms with Gasteiger partial charge in [0, 0.05) is 200 Å². The number of carbonyl (C=O) groups excluding carboxylic acids is 4. The van der Waals surface area contributed by atoms with E-state index in [2.05, 4.69) is 78.1 Å². The molecule has 8 N–H and O–H groups in total. The zero-order valence-corrected chi connectivity index (χ0v) is 88.0. The van der Waals surface area contributed by atoms with Crippen LogP contribution in [0.1, 0.15) is 146 Å². The van der Waals surface area contributed by atoms with Crippen LogP contribution < -0.4 is 21.3 Å². The number of carbonyl (C=O) groups is 8. The van der Waals surface area contributed by atoms with Crippen LogP contribution >= 0.6 is 100 Å². The molecule has 4 aromatic carbocycles. The molecule has 12 heterocycles. The van der Waals surface area contributed by atoms with Crippen LogP contribution in [-0.2, 0) is 57.3 Å². The van der Waals surface area contributed by atoms with Crippen molar-refractivity contribution in [3.05, 3.63) is 297 Å². The normalized spacial score (nSPS) is 22.2. The summed E-state index contributed by atoms with van der Waals surface area (Å²) in [4.78, 5) is 140. The van der Waals surface area contributed by atoms with E-state index in [1.807, 2.05) is 0 Å². The Balaban J connectivity index is 0.000000167. The van der Waals surface area contributed by atoms with Crippen molar-refractivity contribution in [3.63, 3.8) is 0 Å². The van der Waals surface area contributed by atoms with E-state index in [0.29, 0.717) is 106 Å². The number of hydrogen-bond donors (Lipinski definition) is 8. The van der Waals surface area contributed by atoms with Gasteiger partial charge in [0.25, 0.3) is 11.8 Å². The third-order valence-corrected chi connectivity index (χ3v) is 29.3. The van der Waals surface area contributed by atoms with Gasteiger partial charge in [-0.2, -0.15) is 0 Å². The van der Waals surface area contributed by atoms with E-state index in [1.54, 1.807) is 89.9 Å². The zero-order valence-electron chi connectivity index (χ0n) is 80.1. The standard InChI is InChI=1S/C25H24BrF3N4O4S.C25H25BrF2N4O4S.C25H24ClF3N4O4S.C25H25ClF2N4O4S/c1-2-37-24(36)20-18(12-33-13-25(28,29)8-7-15(33)4-6-19(34)35)31-22(23-30-9-10-38-23)32-21(20)16-5-3-14(27)11-17(16)26;1-2-36-25(35)21-19(13-32-12-15(28)3-5-16(32)6-8-20(33)34)30-23(24-29-9-10-37-24)31-22(21)17-7-4-14(27)11-18(17)26;1-2-37-24(36)20-18(12-33-13-25(28,29)8-7-15(33)4-6-19(34)35)31-22(23-30-9-10-38-23)32-21(20)16-5-3-14(27)11-17(16)26;1-2-36-25(35)21-19(13-32-12-15(28)3-5-16(32)6-8-20(33)34)30-23(24-29-9-10-37-24)31-22(21)17-7-4-14(27)11-18(17)26/h3-6,9-11,15,21H,2,7-8,12-13H2,1H3,(H,31,32)(H,34,35);4,6-11,15-16,22H,2-3,5,12-13H2,1H3,(H,30,31)(H,33,34);3-6,9-11,15,21H,2,7-8,12-13H2,1H3,(H,31,32)(H,34,35);4,6-11,15-16,22H,2-3,5,12-13H2,1H3,(H,30,31)(H,33,34)/b6-4+;8-6+;6-4+;8-6+/t15?,21-;15?,16?,22-;15?,21-;15?,16?,22-/m0000/s1. The van der Waals surface area contributed by atoms with Gasteiger partial charge in [0.05, 0.1) is 61.8 Å². The number of aromatic nitrogens is 4. The summed E-state index contributed by atoms with van der Waals surface area (Å²) in [5, 5.41) is 58.2. The molecule has 32 nitrogen and oxygen atoms in total. The molecule has 4 fully saturated rings. The molecule has 0 spiro atoms. The van der Waals surface area contributed by atoms with Crippen molar-refractivity contribution in [1.29, 1.82) is 0 Å². The van der Waals surface area contributed by atoms with Crippen molar-refractivity contribution in [3.8, 4) is 0 Å². The SMILES string of the molecule is CCOC(=O)C1=C(CN2CC(F)(F)CCC2/C=C/C(=O)O)NC(c2nccs2)=N[C@H]1c1ccc(F)cc1Br.CCOC(=O)C1=C(CN2CC(F)(F)CCC2/C=C/C(=O)O)NC(c2nccs2)=N[C@H]1c1ccc(F)cc1Cl.CCOC(=O)C1=C(CN2CC(F)CCC2/C=C/C(=O)O)NC(c2nccs2)=N[C@H]1c1ccc(F)cc1Br.CCOC(=O)C1=C(CN2CC(F)CCC2/C=C/C(=O)O)NC(c2nccs2)=N[C@H]1c1ccc(F)cc1Cl. The maximum absolute atomic E-state index is 14.5. The lowest BCUT2D eigenvalue weighted by atomic mass is 9.93. The molecule has 0 radical (unpaired) electrons. The average Bonchev–Trinajstić information content (AvgIpc) is 1.07. The number of hydrogen-bond acceptors (Lipinski definition) is 32. The Bertz CT molecular complexity index is 6270. The lowest BCUT2D eigenvalue weighted by molar-refractivity contribution is -0.140. The number of nitrogens with one attached hydrogen (secondary N) is 4. The van der Waals surface area contributed by atoms with Crippen LogP contribution in [-0.4, -0.2) is 258 Å². The monoisotopic (exact) mass is 2320 g/mol. The third kappa shape index (κ3) is 30.6. The van der Waals surface area contributed by atoms with Crippen LogP contribution in [0.3, 0.4) is 0 Å². The number of alkyl halides is 6. The lowest BCUT2D eigenvalue weighted by Gasteiger charge is -2.39. The largest absolute Gasteiger partial charge is 0.478 e. The first kappa shape index (κ1) is 115. The molecule has 796 valence electrons. The molecule has 8 aliphatic heterocycles. The quantitative estimate of drug-likeness (QED) is 0.00840. The number of rotatable bonds is 32. The molecule has 0 saturated carbocycles. The van der Waals surface area contributed by atoms with Gasteiger partial charge in [-0.15, -0.1) is 45.3 Å². The predicted octanol–water partition coefficient (Wildman–Crippen LogP) is 18.0. The van der Waals surface area contributed by atoms with Crippen molar-refractivity contribution in [2.75, 3.05) is 78.8 Å². The Labute approximate surface area is 895 Å². The molecule has 4 saturated heterocycles. The number of halogens is 14. The number of carboxylic acids is 4. The van der Waals surface area contributed by atoms with Gasteiger partial charge in [-0.3, -0.25) is 39.6 Å². The summed E-state index contributed by atoms with van der Waals surface area (Å²) in [5.74, 6) is -14.0. The van der Waals surface area contributed by atoms with Crippen molar-refractivity contribution in [2.24, 2.45) is 20.0 Å². The van der Waals surface area contributed by atoms with Crippen LogP contribution in [0.2, 0.25) is 10.0 Å². The molecule has 0 aliphatic carbocycles. The maximum Gasteiger partial charge on any atom is 0.338 e. The minimum Gasteiger partial charge on any atom is -0.478 e. The number of nitrogens with zero attached hydrogens (tertiary/aromatic N) is 12. The number of thiazole rings is 4. The van der Waals surface area contributed by atoms with Crippen molar-refractivity contribution < 1.29 is 122 Å². The Hall–Kier alpha value is -12.4. The van der Waals surface area contributed by atoms with Gasteiger partial charge in [0.15, 0.2) is 43.4 Å². The van der Waals surface area contributed by atoms with Crippen molar-refractivity contribution >= 4 is 172 Å². The summed E-state index contributed by atoms with van der Waals surface area (Å²) in [6, 6.07) is 9.86. The number of aliphatic imine (C=N–C) groups is 4. The second kappa shape index (κ2) is 53.1. The zero-order chi connectivity index (χ0) is 108. The molecule has 0 bridgehead atoms. The first-order chi connectivity index (χ1) is 71.7. The molecule has 0 amide bonds. The molecule has 16 rings (SSSR count). The highest BCUT2D eigenvalue weighted by atomic mass is 79.9. The fourth-order valence-electron chi connectivity index (χ4n) is 17.5. The van der Waals surface area contributed by atoms with Gasteiger partial charge < -0.3 is 60.6 Å². The number of piperidine rings is 4. The molecule has 10 atom stereocenters. The molecule has 6 unspecified atom stereocenters. The highest BCUT2D eigenvalue weighted by Crippen LogP contribution is 2.45. The first-order valence-corrected chi connectivity index (χ1v) is 52.6. The van der Waals surface area contributed by atoms with Gasteiger partial charge in [0.2, 0.25) is 0 Å². The number of carboxylic acid groups (broad SMARTS) is 4. The van der Waals surface area contributed by atoms with Crippen LogP contribution in [0.25, 0.3) is 0 Å². The number of amidine groups is 4. The van der Waals surface area contributed by atoms with Crippen LogP contribution in [0, 0.1) is 23.3 Å². The fourth-order valence-corrected chi connectivity index (χ4v) is 21.6. The van der Waals surface area contributed by atoms with Crippen molar-refractivity contribution in [1.82, 2.24) is 60.8 Å². The molecular weight excluding hydrogens is 2230 g/mol. The Kier molecular flexibility index (Phi) is 40.6. The average molecular weight is 2330 g/mol. The number of esters is 4. The topological polar surface area (TPSA) is 416 Å². The Morgan fingerprint density at radius 2 is 0.647 bits per heavy atom. The van der Waals surface area contributed by atoms with Gasteiger partial charge in [0.1, 0.15) is 59.8 Å². The van der Waals surface area contributed by atoms with Gasteiger partial charge >= 0.3 is 47.8 Å². The Morgan fingerprint density at radius 3 is 0.893 bits per heavy atom. The van der Waals surface area contributed by atoms with E-state index in [4.69, 9.17) is 77.6 Å². The van der Waals surface area contributed by atoms with Crippen LogP contribution in [0.4, 0.5) is 43.9 Å². The van der Waals surface area contributed by atoms with Crippen LogP contribution in [0.5, 0.6) is 0 Å². The minimum absolute atomic E-state index is 0.0133. The smallest absolute Gasteiger partial charge is 0.338 e. The van der Waals surface area contributed by atoms with Gasteiger partial charge in [-0.1, -0.05) is 104 Å². The van der Waals surface area contributed by atoms with E-state index < -0.39 is 157 Å². The number of likely N-dealkylation sites (tertiary alicyclic amines) is 4. The summed E-state index contributed by atoms with van der Waals surface area (Å²) in [5.41, 5.74) is 3.49. The predicted molar refractivity (Wildman–Crippen MR) is 549 cm³/mol. The minimum atomic E-state index is -3.02. The summed E-state index contributed by atoms with van der Waals surface area (Å²) in [6.07, 6.45) is 14.5. The molecule has 8 aromatic rings. The van der Waals surface area contributed by atoms with Crippen LogP contribution in [0.15, 0.2) is 242 Å². The van der Waals surface area contributed by atoms with E-state index in [9.17, 15) is 82.3 Å². The van der Waals surface area contributed by atoms with Gasteiger partial charge in [-0.05, 0) is 126 Å². The first-order valence-electron chi connectivity index (χ1n) is 46.7. The molecule has 8 aliphatic rings. The summed E-state index contributed by atoms with van der Waals surface area (Å²) in [6.45, 7) is 5.57.